The molecule has 1 amide bonds. The molecule has 3 N–H and O–H groups in total. The number of phenols is 1. The molecule has 1 aromatic carbocycles. The molecule has 2 rings (SSSR count). The zero-order valence-corrected chi connectivity index (χ0v) is 12.2. The summed E-state index contributed by atoms with van der Waals surface area (Å²) in [6, 6.07) is 4.83. The zero-order valence-electron chi connectivity index (χ0n) is 10.6. The van der Waals surface area contributed by atoms with E-state index in [0.29, 0.717) is 12.1 Å². The second kappa shape index (κ2) is 6.73. The Balaban J connectivity index is 1.87. The third-order valence-electron chi connectivity index (χ3n) is 3.09. The molecule has 0 saturated heterocycles. The van der Waals surface area contributed by atoms with Gasteiger partial charge in [-0.05, 0) is 37.6 Å². The number of rotatable bonds is 4. The molecule has 1 aliphatic rings. The fourth-order valence-electron chi connectivity index (χ4n) is 2.02. The Morgan fingerprint density at radius 2 is 2.32 bits per heavy atom. The van der Waals surface area contributed by atoms with Gasteiger partial charge in [0.15, 0.2) is 0 Å². The van der Waals surface area contributed by atoms with Gasteiger partial charge in [0.1, 0.15) is 5.75 Å². The van der Waals surface area contributed by atoms with Crippen molar-refractivity contribution < 1.29 is 9.90 Å². The Kier molecular flexibility index (Phi) is 4.99. The number of hydrogen-bond donors (Lipinski definition) is 3. The third kappa shape index (κ3) is 4.08. The first-order valence-corrected chi connectivity index (χ1v) is 7.11. The normalized spacial score (nSPS) is 14.9. The second-order valence-corrected chi connectivity index (χ2v) is 5.40. The summed E-state index contributed by atoms with van der Waals surface area (Å²) in [5.41, 5.74) is 1.67. The van der Waals surface area contributed by atoms with Crippen LogP contribution in [0.1, 0.15) is 23.2 Å². The van der Waals surface area contributed by atoms with Gasteiger partial charge in [0.2, 0.25) is 0 Å². The highest BCUT2D eigenvalue weighted by Gasteiger charge is 2.11. The van der Waals surface area contributed by atoms with E-state index in [-0.39, 0.29) is 11.7 Å². The van der Waals surface area contributed by atoms with Crippen LogP contribution in [0, 0.1) is 0 Å². The monoisotopic (exact) mass is 324 g/mol. The number of halogens is 1. The van der Waals surface area contributed by atoms with E-state index in [9.17, 15) is 9.90 Å². The van der Waals surface area contributed by atoms with Gasteiger partial charge in [0, 0.05) is 17.6 Å². The smallest absolute Gasteiger partial charge is 0.255 e. The van der Waals surface area contributed by atoms with E-state index < -0.39 is 0 Å². The highest BCUT2D eigenvalue weighted by atomic mass is 79.9. The molecular weight excluding hydrogens is 308 g/mol. The Hall–Kier alpha value is -1.33. The Morgan fingerprint density at radius 3 is 3.05 bits per heavy atom. The molecule has 0 fully saturated rings. The van der Waals surface area contributed by atoms with Gasteiger partial charge in [-0.15, -0.1) is 0 Å². The highest BCUT2D eigenvalue weighted by Crippen LogP contribution is 2.21. The number of phenolic OH excluding ortho intramolecular Hbond substituents is 1. The van der Waals surface area contributed by atoms with Gasteiger partial charge in [-0.3, -0.25) is 4.79 Å². The number of amides is 1. The van der Waals surface area contributed by atoms with Crippen LogP contribution in [-0.4, -0.2) is 30.6 Å². The number of carbonyl (C=O) groups excluding carboxylic acids is 1. The molecule has 4 nitrogen and oxygen atoms in total. The number of hydrogen-bond acceptors (Lipinski definition) is 3. The molecule has 0 saturated carbocycles. The first-order valence-electron chi connectivity index (χ1n) is 6.32. The Bertz CT molecular complexity index is 500. The summed E-state index contributed by atoms with van der Waals surface area (Å²) in [7, 11) is 0. The predicted octanol–water partition coefficient (Wildman–Crippen LogP) is 2.19. The summed E-state index contributed by atoms with van der Waals surface area (Å²) < 4.78 is 0.775. The molecule has 0 unspecified atom stereocenters. The van der Waals surface area contributed by atoms with Gasteiger partial charge in [0.05, 0.1) is 5.56 Å². The minimum absolute atomic E-state index is 0.00165. The van der Waals surface area contributed by atoms with Crippen molar-refractivity contribution >= 4 is 21.8 Å². The van der Waals surface area contributed by atoms with Crippen LogP contribution < -0.4 is 10.6 Å². The third-order valence-corrected chi connectivity index (χ3v) is 3.59. The van der Waals surface area contributed by atoms with Crippen LogP contribution in [0.5, 0.6) is 5.75 Å². The summed E-state index contributed by atoms with van der Waals surface area (Å²) in [5.74, 6) is -0.241. The van der Waals surface area contributed by atoms with Crippen LogP contribution in [0.25, 0.3) is 0 Å². The summed E-state index contributed by atoms with van der Waals surface area (Å²) >= 11 is 3.29. The van der Waals surface area contributed by atoms with Crippen molar-refractivity contribution in [1.82, 2.24) is 10.6 Å². The van der Waals surface area contributed by atoms with E-state index in [0.717, 1.165) is 30.4 Å². The minimum atomic E-state index is -0.242. The maximum absolute atomic E-state index is 11.9. The van der Waals surface area contributed by atoms with Crippen LogP contribution in [0.3, 0.4) is 0 Å². The first kappa shape index (κ1) is 14.1. The van der Waals surface area contributed by atoms with Crippen LogP contribution in [-0.2, 0) is 0 Å². The molecule has 1 aliphatic heterocycles. The van der Waals surface area contributed by atoms with Gasteiger partial charge in [0.25, 0.3) is 5.91 Å². The van der Waals surface area contributed by atoms with Crippen molar-refractivity contribution in [2.75, 3.05) is 19.6 Å². The number of nitrogens with one attached hydrogen (secondary N) is 2. The average Bonchev–Trinajstić information content (AvgIpc) is 2.42. The second-order valence-electron chi connectivity index (χ2n) is 4.48. The molecule has 1 heterocycles. The molecule has 0 bridgehead atoms. The van der Waals surface area contributed by atoms with Crippen LogP contribution in [0.2, 0.25) is 0 Å². The maximum atomic E-state index is 11.9. The molecule has 1 aromatic rings. The lowest BCUT2D eigenvalue weighted by molar-refractivity contribution is 0.0951. The van der Waals surface area contributed by atoms with Crippen LogP contribution >= 0.6 is 15.9 Å². The van der Waals surface area contributed by atoms with Gasteiger partial charge in [-0.2, -0.15) is 0 Å². The van der Waals surface area contributed by atoms with Gasteiger partial charge in [-0.1, -0.05) is 27.6 Å². The summed E-state index contributed by atoms with van der Waals surface area (Å²) in [6.45, 7) is 2.51. The number of carbonyl (C=O) groups is 1. The topological polar surface area (TPSA) is 61.4 Å². The summed E-state index contributed by atoms with van der Waals surface area (Å²) in [4.78, 5) is 11.9. The SMILES string of the molecule is O=C(NCCC1=CCNCC1)c1cc(Br)ccc1O. The molecular formula is C14H17BrN2O2. The first-order chi connectivity index (χ1) is 9.16. The lowest BCUT2D eigenvalue weighted by Crippen LogP contribution is -2.26. The van der Waals surface area contributed by atoms with E-state index in [1.165, 1.54) is 11.6 Å². The Morgan fingerprint density at radius 1 is 1.47 bits per heavy atom. The molecule has 0 spiro atoms. The molecule has 19 heavy (non-hydrogen) atoms. The van der Waals surface area contributed by atoms with Crippen molar-refractivity contribution in [2.45, 2.75) is 12.8 Å². The van der Waals surface area contributed by atoms with Crippen molar-refractivity contribution in [1.29, 1.82) is 0 Å². The van der Waals surface area contributed by atoms with Crippen molar-refractivity contribution in [2.24, 2.45) is 0 Å². The van der Waals surface area contributed by atoms with Gasteiger partial charge in [-0.25, -0.2) is 0 Å². The highest BCUT2D eigenvalue weighted by molar-refractivity contribution is 9.10. The van der Waals surface area contributed by atoms with E-state index >= 15 is 0 Å². The quantitative estimate of drug-likeness (QED) is 0.744. The molecule has 5 heteroatoms. The number of benzene rings is 1. The molecule has 0 aromatic heterocycles. The number of aromatic hydroxyl groups is 1. The average molecular weight is 325 g/mol. The van der Waals surface area contributed by atoms with E-state index in [2.05, 4.69) is 32.6 Å². The maximum Gasteiger partial charge on any atom is 0.255 e. The lowest BCUT2D eigenvalue weighted by Gasteiger charge is -2.14. The summed E-state index contributed by atoms with van der Waals surface area (Å²) in [5, 5.41) is 15.7. The molecule has 102 valence electrons. The van der Waals surface area contributed by atoms with E-state index in [1.807, 2.05) is 0 Å². The fraction of sp³-hybridized carbons (Fsp3) is 0.357. The lowest BCUT2D eigenvalue weighted by atomic mass is 10.1. The van der Waals surface area contributed by atoms with E-state index in [4.69, 9.17) is 0 Å². The van der Waals surface area contributed by atoms with Crippen LogP contribution in [0.4, 0.5) is 0 Å². The fourth-order valence-corrected chi connectivity index (χ4v) is 2.38. The largest absolute Gasteiger partial charge is 0.507 e. The van der Waals surface area contributed by atoms with Gasteiger partial charge >= 0.3 is 0 Å². The minimum Gasteiger partial charge on any atom is -0.507 e. The molecule has 0 radical (unpaired) electrons. The van der Waals surface area contributed by atoms with Crippen molar-refractivity contribution in [3.05, 3.63) is 39.9 Å². The molecule has 0 atom stereocenters. The van der Waals surface area contributed by atoms with E-state index in [1.54, 1.807) is 12.1 Å². The predicted molar refractivity (Wildman–Crippen MR) is 78.3 cm³/mol. The van der Waals surface area contributed by atoms with Gasteiger partial charge < -0.3 is 15.7 Å². The zero-order chi connectivity index (χ0) is 13.7. The summed E-state index contributed by atoms with van der Waals surface area (Å²) in [6.07, 6.45) is 4.08. The van der Waals surface area contributed by atoms with Crippen LogP contribution in [0.15, 0.2) is 34.3 Å². The van der Waals surface area contributed by atoms with Crippen molar-refractivity contribution in [3.8, 4) is 5.75 Å². The Labute approximate surface area is 121 Å². The standard InChI is InChI=1S/C14H17BrN2O2/c15-11-1-2-13(18)12(9-11)14(19)17-8-5-10-3-6-16-7-4-10/h1-3,9,16,18H,4-8H2,(H,17,19). The van der Waals surface area contributed by atoms with Crippen molar-refractivity contribution in [3.63, 3.8) is 0 Å². The molecule has 0 aliphatic carbocycles.